The van der Waals surface area contributed by atoms with Crippen LogP contribution in [0.2, 0.25) is 0 Å². The van der Waals surface area contributed by atoms with Gasteiger partial charge < -0.3 is 10.1 Å². The lowest BCUT2D eigenvalue weighted by Gasteiger charge is -2.11. The average molecular weight is 316 g/mol. The molecule has 15 heavy (non-hydrogen) atoms. The summed E-state index contributed by atoms with van der Waals surface area (Å²) in [4.78, 5) is 4.14. The average Bonchev–Trinajstić information content (AvgIpc) is 2.61. The number of rotatable bonds is 2. The van der Waals surface area contributed by atoms with Crippen LogP contribution in [0.4, 0.5) is 0 Å². The number of hydrogen-bond acceptors (Lipinski definition) is 3. The largest absolute Gasteiger partial charge is 0.472 e. The van der Waals surface area contributed by atoms with Gasteiger partial charge in [-0.15, -0.1) is 24.8 Å². The molecule has 2 rings (SSSR count). The molecule has 0 saturated carbocycles. The molecule has 1 aromatic heterocycles. The molecule has 1 aliphatic heterocycles. The Morgan fingerprint density at radius 3 is 2.87 bits per heavy atom. The van der Waals surface area contributed by atoms with Gasteiger partial charge in [0.2, 0.25) is 5.88 Å². The van der Waals surface area contributed by atoms with Crippen LogP contribution in [-0.2, 0) is 0 Å². The lowest BCUT2D eigenvalue weighted by molar-refractivity contribution is 0.212. The Bertz CT molecular complexity index is 295. The Labute approximate surface area is 110 Å². The van der Waals surface area contributed by atoms with E-state index < -0.39 is 0 Å². The van der Waals surface area contributed by atoms with Crippen LogP contribution in [0.3, 0.4) is 0 Å². The number of aromatic nitrogens is 1. The van der Waals surface area contributed by atoms with Gasteiger partial charge in [0, 0.05) is 12.7 Å². The van der Waals surface area contributed by atoms with E-state index in [1.807, 2.05) is 12.1 Å². The molecule has 6 heteroatoms. The minimum Gasteiger partial charge on any atom is -0.472 e. The van der Waals surface area contributed by atoms with Crippen molar-refractivity contribution in [3.05, 3.63) is 22.8 Å². The number of nitrogens with zero attached hydrogens (tertiary/aromatic N) is 1. The van der Waals surface area contributed by atoms with Gasteiger partial charge in [-0.2, -0.15) is 0 Å². The smallest absolute Gasteiger partial charge is 0.228 e. The summed E-state index contributed by atoms with van der Waals surface area (Å²) in [5.74, 6) is 0.691. The number of hydrogen-bond donors (Lipinski definition) is 1. The van der Waals surface area contributed by atoms with Crippen LogP contribution in [0.15, 0.2) is 22.8 Å². The first-order valence-electron chi connectivity index (χ1n) is 4.34. The fourth-order valence-electron chi connectivity index (χ4n) is 1.34. The first kappa shape index (κ1) is 15.0. The minimum absolute atomic E-state index is 0. The van der Waals surface area contributed by atoms with Crippen LogP contribution in [0.1, 0.15) is 6.42 Å². The van der Waals surface area contributed by atoms with Crippen molar-refractivity contribution < 1.29 is 4.74 Å². The summed E-state index contributed by atoms with van der Waals surface area (Å²) in [6.45, 7) is 1.96. The highest BCUT2D eigenvalue weighted by atomic mass is 79.9. The van der Waals surface area contributed by atoms with Gasteiger partial charge in [-0.1, -0.05) is 0 Å². The molecule has 1 N–H and O–H groups in total. The Hall–Kier alpha value is -0.0300. The zero-order chi connectivity index (χ0) is 9.10. The molecule has 3 nitrogen and oxygen atoms in total. The second-order valence-corrected chi connectivity index (χ2v) is 3.88. The molecule has 0 unspecified atom stereocenters. The Morgan fingerprint density at radius 1 is 1.47 bits per heavy atom. The van der Waals surface area contributed by atoms with E-state index in [4.69, 9.17) is 4.74 Å². The van der Waals surface area contributed by atoms with Crippen molar-refractivity contribution >= 4 is 40.7 Å². The van der Waals surface area contributed by atoms with E-state index in [0.717, 1.165) is 24.0 Å². The molecule has 0 spiro atoms. The van der Waals surface area contributed by atoms with Gasteiger partial charge in [0.15, 0.2) is 0 Å². The summed E-state index contributed by atoms with van der Waals surface area (Å²) in [6.07, 6.45) is 3.07. The normalized spacial score (nSPS) is 18.9. The van der Waals surface area contributed by atoms with Crippen LogP contribution in [0.5, 0.6) is 5.88 Å². The zero-order valence-corrected chi connectivity index (χ0v) is 11.2. The van der Waals surface area contributed by atoms with Crippen molar-refractivity contribution in [2.75, 3.05) is 13.1 Å². The molecule has 0 aliphatic carbocycles. The molecule has 1 fully saturated rings. The summed E-state index contributed by atoms with van der Waals surface area (Å²) in [6, 6.07) is 3.81. The number of nitrogens with one attached hydrogen (secondary N) is 1. The van der Waals surface area contributed by atoms with Gasteiger partial charge >= 0.3 is 0 Å². The van der Waals surface area contributed by atoms with E-state index in [-0.39, 0.29) is 30.9 Å². The third-order valence-corrected chi connectivity index (χ3v) is 2.62. The molecular weight excluding hydrogens is 303 g/mol. The van der Waals surface area contributed by atoms with Crippen molar-refractivity contribution in [2.24, 2.45) is 0 Å². The Kier molecular flexibility index (Phi) is 7.26. The van der Waals surface area contributed by atoms with E-state index in [0.29, 0.717) is 5.88 Å². The standard InChI is InChI=1S/C9H11BrN2O.2ClH/c10-8-2-1-4-12-9(8)13-7-3-5-11-6-7;;/h1-2,4,7,11H,3,5-6H2;2*1H/t7-;;/m0../s1. The highest BCUT2D eigenvalue weighted by Gasteiger charge is 2.17. The van der Waals surface area contributed by atoms with Crippen LogP contribution in [0, 0.1) is 0 Å². The molecule has 1 saturated heterocycles. The quantitative estimate of drug-likeness (QED) is 0.910. The van der Waals surface area contributed by atoms with Gasteiger partial charge in [-0.05, 0) is 41.0 Å². The van der Waals surface area contributed by atoms with Gasteiger partial charge in [0.05, 0.1) is 4.47 Å². The first-order valence-corrected chi connectivity index (χ1v) is 5.13. The molecule has 0 amide bonds. The Balaban J connectivity index is 0.000000980. The van der Waals surface area contributed by atoms with Gasteiger partial charge in [0.25, 0.3) is 0 Å². The lowest BCUT2D eigenvalue weighted by Crippen LogP contribution is -2.20. The molecule has 1 atom stereocenters. The van der Waals surface area contributed by atoms with Crippen molar-refractivity contribution in [3.63, 3.8) is 0 Å². The van der Waals surface area contributed by atoms with E-state index in [9.17, 15) is 0 Å². The number of ether oxygens (including phenoxy) is 1. The predicted molar refractivity (Wildman–Crippen MR) is 68.3 cm³/mol. The monoisotopic (exact) mass is 314 g/mol. The summed E-state index contributed by atoms with van der Waals surface area (Å²) in [5, 5.41) is 3.24. The highest BCUT2D eigenvalue weighted by molar-refractivity contribution is 9.10. The third-order valence-electron chi connectivity index (χ3n) is 2.02. The fourth-order valence-corrected chi connectivity index (χ4v) is 1.69. The molecule has 2 heterocycles. The maximum atomic E-state index is 5.69. The van der Waals surface area contributed by atoms with Crippen molar-refractivity contribution in [1.29, 1.82) is 0 Å². The van der Waals surface area contributed by atoms with E-state index in [2.05, 4.69) is 26.2 Å². The molecule has 86 valence electrons. The summed E-state index contributed by atoms with van der Waals surface area (Å²) < 4.78 is 6.60. The Morgan fingerprint density at radius 2 is 2.27 bits per heavy atom. The van der Waals surface area contributed by atoms with Gasteiger partial charge in [-0.25, -0.2) is 4.98 Å². The van der Waals surface area contributed by atoms with Gasteiger partial charge in [0.1, 0.15) is 6.10 Å². The summed E-state index contributed by atoms with van der Waals surface area (Å²) in [5.41, 5.74) is 0. The van der Waals surface area contributed by atoms with E-state index in [1.165, 1.54) is 0 Å². The third kappa shape index (κ3) is 4.15. The molecule has 0 aromatic carbocycles. The summed E-state index contributed by atoms with van der Waals surface area (Å²) >= 11 is 3.40. The van der Waals surface area contributed by atoms with Crippen molar-refractivity contribution in [3.8, 4) is 5.88 Å². The lowest BCUT2D eigenvalue weighted by atomic mass is 10.3. The minimum atomic E-state index is 0. The predicted octanol–water partition coefficient (Wildman–Crippen LogP) is 2.43. The second kappa shape index (κ2) is 7.28. The zero-order valence-electron chi connectivity index (χ0n) is 7.98. The van der Waals surface area contributed by atoms with Crippen LogP contribution in [-0.4, -0.2) is 24.2 Å². The molecule has 0 bridgehead atoms. The maximum absolute atomic E-state index is 5.69. The first-order chi connectivity index (χ1) is 6.36. The van der Waals surface area contributed by atoms with E-state index >= 15 is 0 Å². The second-order valence-electron chi connectivity index (χ2n) is 3.02. The van der Waals surface area contributed by atoms with Crippen molar-refractivity contribution in [1.82, 2.24) is 10.3 Å². The highest BCUT2D eigenvalue weighted by Crippen LogP contribution is 2.22. The molecule has 1 aliphatic rings. The number of halogens is 3. The van der Waals surface area contributed by atoms with Crippen LogP contribution in [0.25, 0.3) is 0 Å². The number of pyridine rings is 1. The van der Waals surface area contributed by atoms with Crippen molar-refractivity contribution in [2.45, 2.75) is 12.5 Å². The van der Waals surface area contributed by atoms with Gasteiger partial charge in [-0.3, -0.25) is 0 Å². The SMILES string of the molecule is Brc1cccnc1O[C@H]1CCNC1.Cl.Cl. The molecule has 1 aromatic rings. The topological polar surface area (TPSA) is 34.1 Å². The van der Waals surface area contributed by atoms with Crippen LogP contribution < -0.4 is 10.1 Å². The summed E-state index contributed by atoms with van der Waals surface area (Å²) in [7, 11) is 0. The molecular formula is C9H13BrCl2N2O. The van der Waals surface area contributed by atoms with Crippen LogP contribution >= 0.6 is 40.7 Å². The molecule has 0 radical (unpaired) electrons. The maximum Gasteiger partial charge on any atom is 0.228 e. The van der Waals surface area contributed by atoms with E-state index in [1.54, 1.807) is 6.20 Å². The fraction of sp³-hybridized carbons (Fsp3) is 0.444.